The molecule has 1 rings (SSSR count). The van der Waals surface area contributed by atoms with E-state index < -0.39 is 0 Å². The van der Waals surface area contributed by atoms with Crippen molar-refractivity contribution < 1.29 is 14.3 Å². The van der Waals surface area contributed by atoms with Crippen LogP contribution in [0, 0.1) is 5.92 Å². The fourth-order valence-electron chi connectivity index (χ4n) is 1.82. The van der Waals surface area contributed by atoms with Gasteiger partial charge in [-0.15, -0.1) is 0 Å². The van der Waals surface area contributed by atoms with Crippen LogP contribution in [0.5, 0.6) is 11.5 Å². The third-order valence-electron chi connectivity index (χ3n) is 2.89. The summed E-state index contributed by atoms with van der Waals surface area (Å²) in [6.07, 6.45) is 2.61. The highest BCUT2D eigenvalue weighted by Crippen LogP contribution is 2.28. The maximum absolute atomic E-state index is 12.0. The first-order chi connectivity index (χ1) is 8.58. The lowest BCUT2D eigenvalue weighted by Crippen LogP contribution is -2.01. The number of ether oxygens (including phenoxy) is 2. The second kappa shape index (κ2) is 7.04. The zero-order valence-electron chi connectivity index (χ0n) is 11.7. The van der Waals surface area contributed by atoms with Crippen LogP contribution in [-0.4, -0.2) is 20.0 Å². The Balaban J connectivity index is 2.68. The molecule has 0 atom stereocenters. The van der Waals surface area contributed by atoms with Gasteiger partial charge in [0.15, 0.2) is 17.3 Å². The van der Waals surface area contributed by atoms with E-state index in [0.29, 0.717) is 29.4 Å². The molecule has 0 spiro atoms. The minimum absolute atomic E-state index is 0.164. The molecule has 0 unspecified atom stereocenters. The molecule has 0 saturated heterocycles. The number of Topliss-reactive ketones (excluding diaryl/α,β-unsaturated/α-hetero) is 1. The van der Waals surface area contributed by atoms with Gasteiger partial charge in [-0.25, -0.2) is 0 Å². The van der Waals surface area contributed by atoms with E-state index in [1.807, 2.05) is 0 Å². The van der Waals surface area contributed by atoms with Gasteiger partial charge < -0.3 is 9.47 Å². The second-order valence-corrected chi connectivity index (χ2v) is 4.78. The van der Waals surface area contributed by atoms with E-state index in [9.17, 15) is 4.79 Å². The highest BCUT2D eigenvalue weighted by atomic mass is 16.5. The zero-order chi connectivity index (χ0) is 13.5. The van der Waals surface area contributed by atoms with Gasteiger partial charge in [-0.3, -0.25) is 4.79 Å². The minimum Gasteiger partial charge on any atom is -0.493 e. The Labute approximate surface area is 109 Å². The summed E-state index contributed by atoms with van der Waals surface area (Å²) in [5.74, 6) is 2.06. The van der Waals surface area contributed by atoms with Crippen LogP contribution in [0.1, 0.15) is 43.5 Å². The Hall–Kier alpha value is -1.51. The monoisotopic (exact) mass is 250 g/mol. The van der Waals surface area contributed by atoms with Crippen LogP contribution in [0.15, 0.2) is 18.2 Å². The molecule has 0 amide bonds. The van der Waals surface area contributed by atoms with E-state index in [1.54, 1.807) is 32.4 Å². The summed E-state index contributed by atoms with van der Waals surface area (Å²) in [5.41, 5.74) is 0.691. The number of benzene rings is 1. The largest absolute Gasteiger partial charge is 0.493 e. The van der Waals surface area contributed by atoms with Crippen molar-refractivity contribution in [1.29, 1.82) is 0 Å². The number of carbonyl (C=O) groups excluding carboxylic acids is 1. The molecular weight excluding hydrogens is 228 g/mol. The van der Waals surface area contributed by atoms with Gasteiger partial charge >= 0.3 is 0 Å². The number of hydrogen-bond acceptors (Lipinski definition) is 3. The van der Waals surface area contributed by atoms with Crippen molar-refractivity contribution in [1.82, 2.24) is 0 Å². The van der Waals surface area contributed by atoms with Crippen molar-refractivity contribution in [2.75, 3.05) is 14.2 Å². The number of rotatable bonds is 7. The van der Waals surface area contributed by atoms with Crippen molar-refractivity contribution in [3.8, 4) is 11.5 Å². The quantitative estimate of drug-likeness (QED) is 0.692. The Kier molecular flexibility index (Phi) is 5.69. The number of ketones is 1. The van der Waals surface area contributed by atoms with Gasteiger partial charge in [0.1, 0.15) is 0 Å². The molecule has 100 valence electrons. The van der Waals surface area contributed by atoms with Gasteiger partial charge in [-0.1, -0.05) is 20.3 Å². The van der Waals surface area contributed by atoms with Gasteiger partial charge in [-0.2, -0.15) is 0 Å². The molecular formula is C15H22O3. The van der Waals surface area contributed by atoms with Crippen molar-refractivity contribution >= 4 is 5.78 Å². The van der Waals surface area contributed by atoms with Crippen LogP contribution in [0.4, 0.5) is 0 Å². The number of carbonyl (C=O) groups is 1. The van der Waals surface area contributed by atoms with Crippen LogP contribution < -0.4 is 9.47 Å². The molecule has 0 radical (unpaired) electrons. The van der Waals surface area contributed by atoms with Crippen LogP contribution in [0.25, 0.3) is 0 Å². The van der Waals surface area contributed by atoms with E-state index in [0.717, 1.165) is 12.8 Å². The van der Waals surface area contributed by atoms with E-state index in [1.165, 1.54) is 0 Å². The van der Waals surface area contributed by atoms with Gasteiger partial charge in [0.25, 0.3) is 0 Å². The number of methoxy groups -OCH3 is 2. The summed E-state index contributed by atoms with van der Waals surface area (Å²) in [6.45, 7) is 4.34. The van der Waals surface area contributed by atoms with E-state index in [2.05, 4.69) is 13.8 Å². The second-order valence-electron chi connectivity index (χ2n) is 4.78. The third kappa shape index (κ3) is 4.06. The molecule has 3 nitrogen and oxygen atoms in total. The predicted octanol–water partition coefficient (Wildman–Crippen LogP) is 3.71. The predicted molar refractivity (Wildman–Crippen MR) is 72.6 cm³/mol. The maximum atomic E-state index is 12.0. The van der Waals surface area contributed by atoms with Crippen LogP contribution in [0.2, 0.25) is 0 Å². The Morgan fingerprint density at radius 2 is 1.83 bits per heavy atom. The first-order valence-electron chi connectivity index (χ1n) is 6.33. The standard InChI is InChI=1S/C15H22O3/c1-11(2)6-5-7-13(16)12-8-9-14(17-3)15(10-12)18-4/h8-11H,5-7H2,1-4H3. The van der Waals surface area contributed by atoms with Gasteiger partial charge in [0.05, 0.1) is 14.2 Å². The Morgan fingerprint density at radius 1 is 1.17 bits per heavy atom. The topological polar surface area (TPSA) is 35.5 Å². The van der Waals surface area contributed by atoms with E-state index >= 15 is 0 Å². The van der Waals surface area contributed by atoms with Crippen LogP contribution in [-0.2, 0) is 0 Å². The molecule has 0 aliphatic rings. The highest BCUT2D eigenvalue weighted by molar-refractivity contribution is 5.96. The molecule has 3 heteroatoms. The third-order valence-corrected chi connectivity index (χ3v) is 2.89. The van der Waals surface area contributed by atoms with Crippen molar-refractivity contribution in [3.63, 3.8) is 0 Å². The highest BCUT2D eigenvalue weighted by Gasteiger charge is 2.10. The molecule has 0 N–H and O–H groups in total. The lowest BCUT2D eigenvalue weighted by atomic mass is 10.0. The maximum Gasteiger partial charge on any atom is 0.163 e. The molecule has 0 aromatic heterocycles. The number of hydrogen-bond donors (Lipinski definition) is 0. The lowest BCUT2D eigenvalue weighted by Gasteiger charge is -2.09. The van der Waals surface area contributed by atoms with Crippen molar-refractivity contribution in [3.05, 3.63) is 23.8 Å². The van der Waals surface area contributed by atoms with Gasteiger partial charge in [0, 0.05) is 12.0 Å². The molecule has 0 bridgehead atoms. The Morgan fingerprint density at radius 3 is 2.39 bits per heavy atom. The van der Waals surface area contributed by atoms with Gasteiger partial charge in [-0.05, 0) is 30.5 Å². The lowest BCUT2D eigenvalue weighted by molar-refractivity contribution is 0.0978. The molecule has 0 heterocycles. The van der Waals surface area contributed by atoms with Crippen molar-refractivity contribution in [2.24, 2.45) is 5.92 Å². The molecule has 1 aromatic rings. The minimum atomic E-state index is 0.164. The smallest absolute Gasteiger partial charge is 0.163 e. The van der Waals surface area contributed by atoms with Crippen molar-refractivity contribution in [2.45, 2.75) is 33.1 Å². The van der Waals surface area contributed by atoms with Gasteiger partial charge in [0.2, 0.25) is 0 Å². The summed E-state index contributed by atoms with van der Waals surface area (Å²) < 4.78 is 10.3. The summed E-state index contributed by atoms with van der Waals surface area (Å²) in [5, 5.41) is 0. The fourth-order valence-corrected chi connectivity index (χ4v) is 1.82. The molecule has 0 aliphatic carbocycles. The normalized spacial score (nSPS) is 10.5. The Bertz CT molecular complexity index is 397. The first-order valence-corrected chi connectivity index (χ1v) is 6.33. The average molecular weight is 250 g/mol. The average Bonchev–Trinajstić information content (AvgIpc) is 2.37. The summed E-state index contributed by atoms with van der Waals surface area (Å²) in [6, 6.07) is 5.31. The summed E-state index contributed by atoms with van der Waals surface area (Å²) in [4.78, 5) is 12.0. The SMILES string of the molecule is COc1ccc(C(=O)CCCC(C)C)cc1OC. The van der Waals surface area contributed by atoms with E-state index in [4.69, 9.17) is 9.47 Å². The summed E-state index contributed by atoms with van der Waals surface area (Å²) in [7, 11) is 3.16. The molecule has 1 aromatic carbocycles. The van der Waals surface area contributed by atoms with Crippen LogP contribution >= 0.6 is 0 Å². The molecule has 0 aliphatic heterocycles. The van der Waals surface area contributed by atoms with Crippen LogP contribution in [0.3, 0.4) is 0 Å². The van der Waals surface area contributed by atoms with E-state index in [-0.39, 0.29) is 5.78 Å². The molecule has 0 saturated carbocycles. The fraction of sp³-hybridized carbons (Fsp3) is 0.533. The first kappa shape index (κ1) is 14.6. The molecule has 18 heavy (non-hydrogen) atoms. The summed E-state index contributed by atoms with van der Waals surface area (Å²) >= 11 is 0. The molecule has 0 fully saturated rings. The zero-order valence-corrected chi connectivity index (χ0v) is 11.7.